The zero-order chi connectivity index (χ0) is 12.3. The van der Waals surface area contributed by atoms with Crippen LogP contribution in [0.4, 0.5) is 0 Å². The third kappa shape index (κ3) is 2.32. The van der Waals surface area contributed by atoms with Crippen molar-refractivity contribution in [2.45, 2.75) is 0 Å². The average Bonchev–Trinajstić information content (AvgIpc) is 2.51. The van der Waals surface area contributed by atoms with Crippen LogP contribution in [0.2, 0.25) is 0 Å². The molecule has 0 aliphatic heterocycles. The summed E-state index contributed by atoms with van der Waals surface area (Å²) in [6, 6.07) is 15.2. The van der Waals surface area contributed by atoms with E-state index in [9.17, 15) is 9.90 Å². The Balaban J connectivity index is 2.73. The molecule has 0 aromatic heterocycles. The molecule has 2 aromatic carbocycles. The van der Waals surface area contributed by atoms with Crippen molar-refractivity contribution in [1.82, 2.24) is 0 Å². The molecule has 2 aromatic rings. The van der Waals surface area contributed by atoms with Crippen LogP contribution in [0.1, 0.15) is 5.56 Å². The van der Waals surface area contributed by atoms with Crippen molar-refractivity contribution in [2.75, 3.05) is 0 Å². The highest BCUT2D eigenvalue weighted by Gasteiger charge is 2.02. The number of rotatable bonds is 1. The first-order valence-corrected chi connectivity index (χ1v) is 5.04. The molecule has 0 aliphatic carbocycles. The lowest BCUT2D eigenvalue weighted by molar-refractivity contribution is 0.471. The molecular weight excluding hydrogens is 214 g/mol. The molecule has 0 bridgehead atoms. The summed E-state index contributed by atoms with van der Waals surface area (Å²) in [5, 5.41) is 18.3. The second-order valence-electron chi connectivity index (χ2n) is 3.57. The van der Waals surface area contributed by atoms with E-state index >= 15 is 0 Å². The molecule has 2 rings (SSSR count). The SMILES string of the molecule is N#Cc1cc(-c2ccccc2)cc(=O)c(O)c1. The van der Waals surface area contributed by atoms with Crippen molar-refractivity contribution in [1.29, 1.82) is 5.26 Å². The first-order valence-electron chi connectivity index (χ1n) is 5.04. The predicted molar refractivity (Wildman–Crippen MR) is 64.5 cm³/mol. The van der Waals surface area contributed by atoms with E-state index in [0.717, 1.165) is 5.56 Å². The van der Waals surface area contributed by atoms with Crippen LogP contribution in [-0.2, 0) is 0 Å². The van der Waals surface area contributed by atoms with Crippen molar-refractivity contribution < 1.29 is 5.11 Å². The summed E-state index contributed by atoms with van der Waals surface area (Å²) in [6.07, 6.45) is 0. The first kappa shape index (κ1) is 10.9. The molecule has 0 saturated carbocycles. The highest BCUT2D eigenvalue weighted by Crippen LogP contribution is 2.19. The molecule has 0 saturated heterocycles. The lowest BCUT2D eigenvalue weighted by Crippen LogP contribution is -1.93. The minimum Gasteiger partial charge on any atom is -0.504 e. The Hall–Kier alpha value is -2.60. The summed E-state index contributed by atoms with van der Waals surface area (Å²) < 4.78 is 0. The number of aromatic hydroxyl groups is 1. The van der Waals surface area contributed by atoms with Gasteiger partial charge in [-0.15, -0.1) is 0 Å². The Morgan fingerprint density at radius 1 is 1.00 bits per heavy atom. The summed E-state index contributed by atoms with van der Waals surface area (Å²) in [5.74, 6) is -0.413. The van der Waals surface area contributed by atoms with Crippen LogP contribution in [0.25, 0.3) is 11.1 Å². The summed E-state index contributed by atoms with van der Waals surface area (Å²) in [6.45, 7) is 0. The Kier molecular flexibility index (Phi) is 2.89. The van der Waals surface area contributed by atoms with E-state index in [2.05, 4.69) is 0 Å². The smallest absolute Gasteiger partial charge is 0.220 e. The average molecular weight is 223 g/mol. The van der Waals surface area contributed by atoms with Gasteiger partial charge in [-0.05, 0) is 23.3 Å². The number of benzene rings is 1. The van der Waals surface area contributed by atoms with E-state index in [1.54, 1.807) is 6.07 Å². The van der Waals surface area contributed by atoms with E-state index in [-0.39, 0.29) is 5.56 Å². The minimum atomic E-state index is -0.495. The maximum Gasteiger partial charge on any atom is 0.220 e. The largest absolute Gasteiger partial charge is 0.504 e. The van der Waals surface area contributed by atoms with Crippen molar-refractivity contribution in [3.05, 3.63) is 64.3 Å². The van der Waals surface area contributed by atoms with Crippen molar-refractivity contribution in [3.63, 3.8) is 0 Å². The second kappa shape index (κ2) is 4.50. The molecule has 82 valence electrons. The quantitative estimate of drug-likeness (QED) is 0.806. The molecule has 0 aliphatic rings. The molecule has 0 fully saturated rings. The molecule has 17 heavy (non-hydrogen) atoms. The van der Waals surface area contributed by atoms with E-state index in [1.807, 2.05) is 36.4 Å². The number of hydrogen-bond donors (Lipinski definition) is 1. The third-order valence-electron chi connectivity index (χ3n) is 2.38. The maximum atomic E-state index is 11.5. The number of hydrogen-bond acceptors (Lipinski definition) is 3. The van der Waals surface area contributed by atoms with Gasteiger partial charge in [-0.1, -0.05) is 30.3 Å². The normalized spacial score (nSPS) is 9.59. The lowest BCUT2D eigenvalue weighted by Gasteiger charge is -1.96. The summed E-state index contributed by atoms with van der Waals surface area (Å²) in [7, 11) is 0. The second-order valence-corrected chi connectivity index (χ2v) is 3.57. The molecule has 0 unspecified atom stereocenters. The Morgan fingerprint density at radius 3 is 2.35 bits per heavy atom. The summed E-state index contributed by atoms with van der Waals surface area (Å²) >= 11 is 0. The first-order chi connectivity index (χ1) is 8.20. The van der Waals surface area contributed by atoms with Gasteiger partial charge in [0.25, 0.3) is 0 Å². The zero-order valence-electron chi connectivity index (χ0n) is 8.92. The highest BCUT2D eigenvalue weighted by atomic mass is 16.3. The zero-order valence-corrected chi connectivity index (χ0v) is 8.92. The molecule has 0 amide bonds. The molecular formula is C14H9NO2. The number of nitrogens with zero attached hydrogens (tertiary/aromatic N) is 1. The third-order valence-corrected chi connectivity index (χ3v) is 2.38. The molecule has 3 nitrogen and oxygen atoms in total. The van der Waals surface area contributed by atoms with Gasteiger partial charge in [0.05, 0.1) is 11.6 Å². The van der Waals surface area contributed by atoms with Gasteiger partial charge >= 0.3 is 0 Å². The van der Waals surface area contributed by atoms with Crippen LogP contribution in [0.3, 0.4) is 0 Å². The van der Waals surface area contributed by atoms with Crippen LogP contribution >= 0.6 is 0 Å². The van der Waals surface area contributed by atoms with Crippen molar-refractivity contribution in [3.8, 4) is 22.9 Å². The van der Waals surface area contributed by atoms with E-state index < -0.39 is 11.2 Å². The van der Waals surface area contributed by atoms with E-state index in [4.69, 9.17) is 5.26 Å². The molecule has 0 atom stereocenters. The Labute approximate surface area is 98.2 Å². The van der Waals surface area contributed by atoms with Crippen LogP contribution in [0, 0.1) is 11.3 Å². The highest BCUT2D eigenvalue weighted by molar-refractivity contribution is 5.65. The summed E-state index contributed by atoms with van der Waals surface area (Å²) in [5.41, 5.74) is 1.21. The van der Waals surface area contributed by atoms with Crippen molar-refractivity contribution in [2.24, 2.45) is 0 Å². The minimum absolute atomic E-state index is 0.253. The lowest BCUT2D eigenvalue weighted by atomic mass is 10.1. The van der Waals surface area contributed by atoms with Crippen LogP contribution < -0.4 is 5.43 Å². The molecule has 3 heteroatoms. The predicted octanol–water partition coefficient (Wildman–Crippen LogP) is 2.29. The summed E-state index contributed by atoms with van der Waals surface area (Å²) in [4.78, 5) is 11.5. The van der Waals surface area contributed by atoms with Crippen molar-refractivity contribution >= 4 is 0 Å². The topological polar surface area (TPSA) is 61.1 Å². The van der Waals surface area contributed by atoms with Gasteiger partial charge in [-0.25, -0.2) is 0 Å². The fraction of sp³-hybridized carbons (Fsp3) is 0. The monoisotopic (exact) mass is 223 g/mol. The van der Waals surface area contributed by atoms with Crippen LogP contribution in [0.15, 0.2) is 53.3 Å². The van der Waals surface area contributed by atoms with Gasteiger partial charge in [0.2, 0.25) is 5.43 Å². The van der Waals surface area contributed by atoms with Gasteiger partial charge in [-0.3, -0.25) is 4.79 Å². The van der Waals surface area contributed by atoms with E-state index in [0.29, 0.717) is 5.56 Å². The Morgan fingerprint density at radius 2 is 1.71 bits per heavy atom. The van der Waals surface area contributed by atoms with Gasteiger partial charge in [0.1, 0.15) is 0 Å². The Bertz CT molecular complexity index is 643. The number of nitriles is 1. The molecule has 0 radical (unpaired) electrons. The molecule has 0 spiro atoms. The fourth-order valence-electron chi connectivity index (χ4n) is 1.55. The van der Waals surface area contributed by atoms with E-state index in [1.165, 1.54) is 12.1 Å². The maximum absolute atomic E-state index is 11.5. The van der Waals surface area contributed by atoms with Gasteiger partial charge in [0, 0.05) is 6.07 Å². The van der Waals surface area contributed by atoms with Gasteiger partial charge < -0.3 is 5.11 Å². The van der Waals surface area contributed by atoms with Crippen LogP contribution in [-0.4, -0.2) is 5.11 Å². The standard InChI is InChI=1S/C14H9NO2/c15-9-10-6-12(8-14(17)13(16)7-10)11-4-2-1-3-5-11/h1-8H,(H,16,17). The fourth-order valence-corrected chi connectivity index (χ4v) is 1.55. The molecule has 1 N–H and O–H groups in total. The van der Waals surface area contributed by atoms with Gasteiger partial charge in [-0.2, -0.15) is 5.26 Å². The van der Waals surface area contributed by atoms with Crippen LogP contribution in [0.5, 0.6) is 5.75 Å². The molecule has 0 heterocycles. The van der Waals surface area contributed by atoms with Gasteiger partial charge in [0.15, 0.2) is 5.75 Å².